The Morgan fingerprint density at radius 1 is 1.19 bits per heavy atom. The van der Waals surface area contributed by atoms with E-state index in [1.165, 1.54) is 29.2 Å². The van der Waals surface area contributed by atoms with Gasteiger partial charge in [-0.25, -0.2) is 17.6 Å². The standard InChI is InChI=1S/C22H25FN2O5S/c1-3-30-22(27)20-9-4-5-12-25(20)21(26)16-7-6-8-17(13-16)24-31(28,29)18-11-10-15(2)19(23)14-18/h6-8,10-11,13-14,20,24H,3-5,9,12H2,1-2H3. The first-order chi connectivity index (χ1) is 14.7. The average molecular weight is 449 g/mol. The third-order valence-electron chi connectivity index (χ3n) is 5.14. The first-order valence-corrected chi connectivity index (χ1v) is 11.6. The number of nitrogens with zero attached hydrogens (tertiary/aromatic N) is 1. The summed E-state index contributed by atoms with van der Waals surface area (Å²) in [4.78, 5) is 26.6. The molecule has 0 aliphatic carbocycles. The Balaban J connectivity index is 1.82. The molecule has 0 aromatic heterocycles. The zero-order valence-corrected chi connectivity index (χ0v) is 18.2. The zero-order chi connectivity index (χ0) is 22.6. The van der Waals surface area contributed by atoms with Crippen LogP contribution in [0.15, 0.2) is 47.4 Å². The van der Waals surface area contributed by atoms with Gasteiger partial charge in [0.1, 0.15) is 11.9 Å². The molecule has 0 bridgehead atoms. The number of esters is 1. The highest BCUT2D eigenvalue weighted by Gasteiger charge is 2.33. The van der Waals surface area contributed by atoms with Gasteiger partial charge in [0.25, 0.3) is 15.9 Å². The molecule has 1 aliphatic rings. The van der Waals surface area contributed by atoms with Crippen molar-refractivity contribution in [1.29, 1.82) is 0 Å². The van der Waals surface area contributed by atoms with Crippen LogP contribution in [0.25, 0.3) is 0 Å². The Labute approximate surface area is 181 Å². The molecule has 1 aliphatic heterocycles. The second kappa shape index (κ2) is 9.47. The van der Waals surface area contributed by atoms with Gasteiger partial charge in [-0.3, -0.25) is 9.52 Å². The molecule has 1 atom stereocenters. The fourth-order valence-corrected chi connectivity index (χ4v) is 4.56. The molecule has 166 valence electrons. The van der Waals surface area contributed by atoms with Crippen LogP contribution in [-0.2, 0) is 19.6 Å². The Kier molecular flexibility index (Phi) is 6.94. The van der Waals surface area contributed by atoms with Gasteiger partial charge < -0.3 is 9.64 Å². The summed E-state index contributed by atoms with van der Waals surface area (Å²) in [5, 5.41) is 0. The van der Waals surface area contributed by atoms with Crippen LogP contribution in [0, 0.1) is 12.7 Å². The molecule has 1 N–H and O–H groups in total. The van der Waals surface area contributed by atoms with Gasteiger partial charge in [-0.15, -0.1) is 0 Å². The van der Waals surface area contributed by atoms with Crippen LogP contribution in [0.3, 0.4) is 0 Å². The Morgan fingerprint density at radius 2 is 1.97 bits per heavy atom. The average Bonchev–Trinajstić information content (AvgIpc) is 2.75. The maximum Gasteiger partial charge on any atom is 0.328 e. The van der Waals surface area contributed by atoms with E-state index in [1.54, 1.807) is 26.0 Å². The number of hydrogen-bond acceptors (Lipinski definition) is 5. The maximum absolute atomic E-state index is 13.8. The highest BCUT2D eigenvalue weighted by atomic mass is 32.2. The van der Waals surface area contributed by atoms with E-state index in [0.29, 0.717) is 18.5 Å². The number of nitrogens with one attached hydrogen (secondary N) is 1. The molecule has 1 unspecified atom stereocenters. The number of anilines is 1. The largest absolute Gasteiger partial charge is 0.464 e. The van der Waals surface area contributed by atoms with Crippen molar-refractivity contribution in [2.45, 2.75) is 44.0 Å². The van der Waals surface area contributed by atoms with E-state index in [-0.39, 0.29) is 28.7 Å². The number of carbonyl (C=O) groups excluding carboxylic acids is 2. The fraction of sp³-hybridized carbons (Fsp3) is 0.364. The first kappa shape index (κ1) is 22.7. The first-order valence-electron chi connectivity index (χ1n) is 10.1. The fourth-order valence-electron chi connectivity index (χ4n) is 3.49. The molecule has 2 aromatic carbocycles. The number of likely N-dealkylation sites (tertiary alicyclic amines) is 1. The lowest BCUT2D eigenvalue weighted by molar-refractivity contribution is -0.149. The predicted molar refractivity (Wildman–Crippen MR) is 114 cm³/mol. The van der Waals surface area contributed by atoms with E-state index in [2.05, 4.69) is 4.72 Å². The predicted octanol–water partition coefficient (Wildman–Crippen LogP) is 3.49. The van der Waals surface area contributed by atoms with Crippen molar-refractivity contribution in [3.05, 3.63) is 59.4 Å². The molecular weight excluding hydrogens is 423 g/mol. The summed E-state index contributed by atoms with van der Waals surface area (Å²) < 4.78 is 46.5. The third kappa shape index (κ3) is 5.22. The number of halogens is 1. The SMILES string of the molecule is CCOC(=O)C1CCCCN1C(=O)c1cccc(NS(=O)(=O)c2ccc(C)c(F)c2)c1. The number of rotatable bonds is 6. The topological polar surface area (TPSA) is 92.8 Å². The van der Waals surface area contributed by atoms with Crippen molar-refractivity contribution in [2.24, 2.45) is 0 Å². The van der Waals surface area contributed by atoms with Gasteiger partial charge in [0.15, 0.2) is 0 Å². The van der Waals surface area contributed by atoms with E-state index < -0.39 is 27.9 Å². The molecule has 9 heteroatoms. The minimum Gasteiger partial charge on any atom is -0.464 e. The monoisotopic (exact) mass is 448 g/mol. The van der Waals surface area contributed by atoms with Gasteiger partial charge in [-0.1, -0.05) is 12.1 Å². The molecule has 1 amide bonds. The Bertz CT molecular complexity index is 1090. The van der Waals surface area contributed by atoms with Crippen molar-refractivity contribution < 1.29 is 27.1 Å². The molecule has 1 saturated heterocycles. The van der Waals surface area contributed by atoms with Crippen molar-refractivity contribution in [3.63, 3.8) is 0 Å². The van der Waals surface area contributed by atoms with Crippen LogP contribution in [0.1, 0.15) is 42.1 Å². The zero-order valence-electron chi connectivity index (χ0n) is 17.4. The number of aryl methyl sites for hydroxylation is 1. The number of ether oxygens (including phenoxy) is 1. The van der Waals surface area contributed by atoms with E-state index >= 15 is 0 Å². The molecule has 2 aromatic rings. The van der Waals surface area contributed by atoms with Gasteiger partial charge in [0, 0.05) is 17.8 Å². The second-order valence-corrected chi connectivity index (χ2v) is 9.04. The van der Waals surface area contributed by atoms with Crippen molar-refractivity contribution in [2.75, 3.05) is 17.9 Å². The third-order valence-corrected chi connectivity index (χ3v) is 6.52. The van der Waals surface area contributed by atoms with Crippen molar-refractivity contribution in [1.82, 2.24) is 4.90 Å². The molecule has 1 heterocycles. The van der Waals surface area contributed by atoms with E-state index in [0.717, 1.165) is 18.9 Å². The molecule has 0 radical (unpaired) electrons. The highest BCUT2D eigenvalue weighted by Crippen LogP contribution is 2.23. The molecule has 0 spiro atoms. The lowest BCUT2D eigenvalue weighted by Gasteiger charge is -2.34. The van der Waals surface area contributed by atoms with Crippen LogP contribution in [0.2, 0.25) is 0 Å². The number of piperidine rings is 1. The molecule has 7 nitrogen and oxygen atoms in total. The minimum atomic E-state index is -4.04. The Hall–Kier alpha value is -2.94. The van der Waals surface area contributed by atoms with E-state index in [1.807, 2.05) is 0 Å². The van der Waals surface area contributed by atoms with E-state index in [9.17, 15) is 22.4 Å². The van der Waals surface area contributed by atoms with E-state index in [4.69, 9.17) is 4.74 Å². The summed E-state index contributed by atoms with van der Waals surface area (Å²) in [5.41, 5.74) is 0.743. The maximum atomic E-state index is 13.8. The molecule has 3 rings (SSSR count). The Morgan fingerprint density at radius 3 is 2.68 bits per heavy atom. The minimum absolute atomic E-state index is 0.163. The number of benzene rings is 2. The summed E-state index contributed by atoms with van der Waals surface area (Å²) in [5.74, 6) is -1.43. The van der Waals surface area contributed by atoms with Gasteiger partial charge in [0.2, 0.25) is 0 Å². The lowest BCUT2D eigenvalue weighted by atomic mass is 10.0. The number of amides is 1. The second-order valence-electron chi connectivity index (χ2n) is 7.36. The summed E-state index contributed by atoms with van der Waals surface area (Å²) >= 11 is 0. The van der Waals surface area contributed by atoms with Crippen LogP contribution < -0.4 is 4.72 Å². The van der Waals surface area contributed by atoms with Crippen LogP contribution in [0.4, 0.5) is 10.1 Å². The molecular formula is C22H25FN2O5S. The summed E-state index contributed by atoms with van der Waals surface area (Å²) in [6.07, 6.45) is 2.11. The van der Waals surface area contributed by atoms with Gasteiger partial charge in [-0.05, 0) is 69.0 Å². The van der Waals surface area contributed by atoms with Crippen molar-refractivity contribution >= 4 is 27.6 Å². The summed E-state index contributed by atoms with van der Waals surface area (Å²) in [6, 6.07) is 9.00. The highest BCUT2D eigenvalue weighted by molar-refractivity contribution is 7.92. The van der Waals surface area contributed by atoms with Crippen LogP contribution in [-0.4, -0.2) is 44.4 Å². The molecule has 1 fully saturated rings. The van der Waals surface area contributed by atoms with Gasteiger partial charge >= 0.3 is 5.97 Å². The molecule has 31 heavy (non-hydrogen) atoms. The quantitative estimate of drug-likeness (QED) is 0.683. The van der Waals surface area contributed by atoms with Crippen LogP contribution in [0.5, 0.6) is 0 Å². The normalized spacial score (nSPS) is 16.6. The number of hydrogen-bond donors (Lipinski definition) is 1. The smallest absolute Gasteiger partial charge is 0.328 e. The van der Waals surface area contributed by atoms with Gasteiger partial charge in [0.05, 0.1) is 11.5 Å². The summed E-state index contributed by atoms with van der Waals surface area (Å²) in [6.45, 7) is 3.90. The lowest BCUT2D eigenvalue weighted by Crippen LogP contribution is -2.48. The van der Waals surface area contributed by atoms with Crippen molar-refractivity contribution in [3.8, 4) is 0 Å². The van der Waals surface area contributed by atoms with Crippen LogP contribution >= 0.6 is 0 Å². The number of carbonyl (C=O) groups is 2. The van der Waals surface area contributed by atoms with Gasteiger partial charge in [-0.2, -0.15) is 0 Å². The molecule has 0 saturated carbocycles. The summed E-state index contributed by atoms with van der Waals surface area (Å²) in [7, 11) is -4.04. The number of sulfonamides is 1.